The monoisotopic (exact) mass is 248 g/mol. The molecule has 0 aromatic heterocycles. The van der Waals surface area contributed by atoms with E-state index in [1.807, 2.05) is 0 Å². The van der Waals surface area contributed by atoms with Crippen molar-refractivity contribution in [3.05, 3.63) is 36.5 Å². The molecule has 1 heterocycles. The van der Waals surface area contributed by atoms with Gasteiger partial charge in [0, 0.05) is 18.4 Å². The van der Waals surface area contributed by atoms with Crippen molar-refractivity contribution in [3.8, 4) is 0 Å². The molecule has 0 radical (unpaired) electrons. The fourth-order valence-corrected chi connectivity index (χ4v) is 2.39. The maximum Gasteiger partial charge on any atom is 0.330 e. The number of hydrogen-bond acceptors (Lipinski definition) is 4. The van der Waals surface area contributed by atoms with E-state index in [0.29, 0.717) is 19.6 Å². The lowest BCUT2D eigenvalue weighted by Crippen LogP contribution is -2.35. The number of rotatable bonds is 3. The van der Waals surface area contributed by atoms with Crippen LogP contribution in [0.5, 0.6) is 0 Å². The topological polar surface area (TPSA) is 52.6 Å². The molecule has 4 heteroatoms. The van der Waals surface area contributed by atoms with E-state index in [2.05, 4.69) is 6.58 Å². The van der Waals surface area contributed by atoms with Crippen molar-refractivity contribution >= 4 is 11.8 Å². The van der Waals surface area contributed by atoms with Gasteiger partial charge in [-0.15, -0.1) is 0 Å². The van der Waals surface area contributed by atoms with E-state index >= 15 is 0 Å². The molecule has 96 valence electrons. The molecule has 0 N–H and O–H groups in total. The fraction of sp³-hybridized carbons (Fsp3) is 0.429. The fourth-order valence-electron chi connectivity index (χ4n) is 2.39. The second-order valence-corrected chi connectivity index (χ2v) is 4.37. The predicted octanol–water partition coefficient (Wildman–Crippen LogP) is 1.58. The van der Waals surface area contributed by atoms with Gasteiger partial charge in [0.2, 0.25) is 0 Å². The van der Waals surface area contributed by atoms with Crippen LogP contribution in [0, 0.1) is 5.92 Å². The molecule has 0 bridgehead atoms. The average molecular weight is 248 g/mol. The number of allylic oxidation sites excluding steroid dienone is 1. The van der Waals surface area contributed by atoms with Crippen LogP contribution in [0.25, 0.3) is 0 Å². The average Bonchev–Trinajstić information content (AvgIpc) is 2.69. The molecular weight excluding hydrogens is 232 g/mol. The molecule has 1 aliphatic carbocycles. The minimum absolute atomic E-state index is 0.0396. The number of carbonyl (C=O) groups excluding carboxylic acids is 2. The van der Waals surface area contributed by atoms with Crippen molar-refractivity contribution < 1.29 is 19.1 Å². The maximum absolute atomic E-state index is 11.5. The molecule has 1 aliphatic heterocycles. The first kappa shape index (κ1) is 12.8. The Labute approximate surface area is 106 Å². The first-order valence-electron chi connectivity index (χ1n) is 5.98. The highest BCUT2D eigenvalue weighted by Crippen LogP contribution is 2.42. The van der Waals surface area contributed by atoms with Crippen LogP contribution in [0.4, 0.5) is 0 Å². The molecule has 4 nitrogen and oxygen atoms in total. The van der Waals surface area contributed by atoms with Crippen LogP contribution >= 0.6 is 0 Å². The molecule has 2 rings (SSSR count). The van der Waals surface area contributed by atoms with E-state index in [0.717, 1.165) is 5.57 Å². The van der Waals surface area contributed by atoms with Crippen molar-refractivity contribution in [1.29, 1.82) is 0 Å². The lowest BCUT2D eigenvalue weighted by Gasteiger charge is -2.30. The second-order valence-electron chi connectivity index (χ2n) is 4.37. The lowest BCUT2D eigenvalue weighted by molar-refractivity contribution is -0.137. The summed E-state index contributed by atoms with van der Waals surface area (Å²) < 4.78 is 10.6. The predicted molar refractivity (Wildman–Crippen MR) is 65.9 cm³/mol. The number of esters is 1. The molecule has 0 amide bonds. The number of fused-ring (bicyclic) bond motifs is 1. The standard InChI is InChI=1S/C14H16O4/c1-3-14-6-5-11(15)8-12(14)10(9-18-14)7-13(16)17-4-2/h3,5-7,12H,1,4,8-9H2,2H3/b10-7+/t12-,14-/m1/s1. The zero-order valence-electron chi connectivity index (χ0n) is 10.3. The third kappa shape index (κ3) is 2.16. The van der Waals surface area contributed by atoms with Crippen LogP contribution in [0.1, 0.15) is 13.3 Å². The maximum atomic E-state index is 11.5. The van der Waals surface area contributed by atoms with E-state index in [1.165, 1.54) is 12.2 Å². The van der Waals surface area contributed by atoms with Gasteiger partial charge in [0.25, 0.3) is 0 Å². The van der Waals surface area contributed by atoms with E-state index in [-0.39, 0.29) is 11.7 Å². The number of carbonyl (C=O) groups is 2. The van der Waals surface area contributed by atoms with Gasteiger partial charge < -0.3 is 9.47 Å². The highest BCUT2D eigenvalue weighted by atomic mass is 16.5. The summed E-state index contributed by atoms with van der Waals surface area (Å²) in [7, 11) is 0. The Morgan fingerprint density at radius 2 is 2.50 bits per heavy atom. The molecule has 2 atom stereocenters. The van der Waals surface area contributed by atoms with Gasteiger partial charge in [-0.2, -0.15) is 0 Å². The minimum Gasteiger partial charge on any atom is -0.463 e. The lowest BCUT2D eigenvalue weighted by atomic mass is 9.77. The number of hydrogen-bond donors (Lipinski definition) is 0. The quantitative estimate of drug-likeness (QED) is 0.432. The van der Waals surface area contributed by atoms with Gasteiger partial charge in [0.1, 0.15) is 5.60 Å². The van der Waals surface area contributed by atoms with E-state index in [9.17, 15) is 9.59 Å². The Morgan fingerprint density at radius 1 is 1.72 bits per heavy atom. The molecule has 1 fully saturated rings. The third-order valence-corrected chi connectivity index (χ3v) is 3.32. The summed E-state index contributed by atoms with van der Waals surface area (Å²) in [5.41, 5.74) is 0.151. The molecule has 0 spiro atoms. The molecule has 2 aliphatic rings. The minimum atomic E-state index is -0.647. The van der Waals surface area contributed by atoms with Gasteiger partial charge in [-0.1, -0.05) is 12.7 Å². The Bertz CT molecular complexity index is 447. The van der Waals surface area contributed by atoms with Gasteiger partial charge in [-0.25, -0.2) is 4.79 Å². The van der Waals surface area contributed by atoms with Crippen LogP contribution in [-0.2, 0) is 19.1 Å². The van der Waals surface area contributed by atoms with Crippen molar-refractivity contribution in [3.63, 3.8) is 0 Å². The van der Waals surface area contributed by atoms with E-state index < -0.39 is 11.6 Å². The normalized spacial score (nSPS) is 32.4. The van der Waals surface area contributed by atoms with Crippen molar-refractivity contribution in [2.45, 2.75) is 18.9 Å². The summed E-state index contributed by atoms with van der Waals surface area (Å²) in [6.45, 7) is 6.17. The van der Waals surface area contributed by atoms with Gasteiger partial charge in [-0.3, -0.25) is 4.79 Å². The summed E-state index contributed by atoms with van der Waals surface area (Å²) in [6, 6.07) is 0. The summed E-state index contributed by atoms with van der Waals surface area (Å²) in [5.74, 6) is -0.493. The zero-order chi connectivity index (χ0) is 13.2. The van der Waals surface area contributed by atoms with E-state index in [1.54, 1.807) is 19.1 Å². The SMILES string of the molecule is C=C[C@@]12C=CC(=O)C[C@@H]1/C(=C/C(=O)OCC)CO2. The molecule has 0 aromatic carbocycles. The zero-order valence-corrected chi connectivity index (χ0v) is 10.3. The van der Waals surface area contributed by atoms with Crippen LogP contribution in [-0.4, -0.2) is 30.6 Å². The van der Waals surface area contributed by atoms with Crippen LogP contribution in [0.3, 0.4) is 0 Å². The molecule has 0 saturated carbocycles. The molecule has 1 saturated heterocycles. The Kier molecular flexibility index (Phi) is 3.48. The number of ketones is 1. The van der Waals surface area contributed by atoms with Crippen molar-refractivity contribution in [1.82, 2.24) is 0 Å². The van der Waals surface area contributed by atoms with Crippen molar-refractivity contribution in [2.24, 2.45) is 5.92 Å². The van der Waals surface area contributed by atoms with E-state index in [4.69, 9.17) is 9.47 Å². The first-order chi connectivity index (χ1) is 8.61. The van der Waals surface area contributed by atoms with Gasteiger partial charge in [-0.05, 0) is 24.6 Å². The molecular formula is C14H16O4. The van der Waals surface area contributed by atoms with Crippen LogP contribution in [0.2, 0.25) is 0 Å². The Hall–Kier alpha value is -1.68. The smallest absolute Gasteiger partial charge is 0.330 e. The summed E-state index contributed by atoms with van der Waals surface area (Å²) in [4.78, 5) is 23.0. The van der Waals surface area contributed by atoms with Gasteiger partial charge in [0.15, 0.2) is 5.78 Å². The largest absolute Gasteiger partial charge is 0.463 e. The molecule has 18 heavy (non-hydrogen) atoms. The summed E-state index contributed by atoms with van der Waals surface area (Å²) >= 11 is 0. The highest BCUT2D eigenvalue weighted by Gasteiger charge is 2.46. The van der Waals surface area contributed by atoms with Crippen molar-refractivity contribution in [2.75, 3.05) is 13.2 Å². The summed E-state index contributed by atoms with van der Waals surface area (Å²) in [6.07, 6.45) is 6.71. The molecule has 0 unspecified atom stereocenters. The third-order valence-electron chi connectivity index (χ3n) is 3.32. The molecule has 0 aromatic rings. The first-order valence-corrected chi connectivity index (χ1v) is 5.98. The van der Waals surface area contributed by atoms with Crippen LogP contribution in [0.15, 0.2) is 36.5 Å². The van der Waals surface area contributed by atoms with Gasteiger partial charge in [0.05, 0.1) is 13.2 Å². The Balaban J connectivity index is 2.27. The van der Waals surface area contributed by atoms with Crippen LogP contribution < -0.4 is 0 Å². The summed E-state index contributed by atoms with van der Waals surface area (Å²) in [5, 5.41) is 0. The number of ether oxygens (including phenoxy) is 2. The van der Waals surface area contributed by atoms with Gasteiger partial charge >= 0.3 is 5.97 Å². The highest BCUT2D eigenvalue weighted by molar-refractivity contribution is 5.92. The second kappa shape index (κ2) is 4.90. The Morgan fingerprint density at radius 3 is 3.17 bits per heavy atom.